The van der Waals surface area contributed by atoms with Gasteiger partial charge in [-0.2, -0.15) is 0 Å². The Kier molecular flexibility index (Phi) is 21.1. The van der Waals surface area contributed by atoms with E-state index in [2.05, 4.69) is 32.0 Å². The SMILES string of the molecule is CCCN(NC(=O)[C@@H]1C[C@@H](OCc2ccccc2)CN1C(=O)[C@@H](NC(=O)[C@@H](NC(=O)[C@@H](CCC(=O)O)NC(=O)[C@H](CC(=O)O)NC(C)=O)[C@@H](C)CC)C(C)C)C(=O)N[C@@H](C)c1cccc2ccccc12. The van der Waals surface area contributed by atoms with Gasteiger partial charge >= 0.3 is 18.0 Å². The molecule has 0 unspecified atom stereocenters. The predicted octanol–water partition coefficient (Wildman–Crippen LogP) is 3.54. The van der Waals surface area contributed by atoms with Crippen molar-refractivity contribution in [2.24, 2.45) is 11.8 Å². The Labute approximate surface area is 408 Å². The van der Waals surface area contributed by atoms with Crippen molar-refractivity contribution in [2.75, 3.05) is 13.1 Å². The molecule has 8 amide bonds. The van der Waals surface area contributed by atoms with E-state index in [0.717, 1.165) is 28.8 Å². The van der Waals surface area contributed by atoms with Crippen molar-refractivity contribution in [3.8, 4) is 0 Å². The quantitative estimate of drug-likeness (QED) is 0.0599. The minimum absolute atomic E-state index is 0.0429. The Bertz CT molecular complexity index is 2310. The second kappa shape index (κ2) is 26.6. The van der Waals surface area contributed by atoms with Crippen molar-refractivity contribution in [3.63, 3.8) is 0 Å². The number of carbonyl (C=O) groups excluding carboxylic acids is 7. The van der Waals surface area contributed by atoms with E-state index in [0.29, 0.717) is 12.8 Å². The first kappa shape index (κ1) is 55.5. The molecule has 1 aliphatic rings. The number of nitrogens with one attached hydrogen (secondary N) is 6. The molecule has 1 aliphatic heterocycles. The lowest BCUT2D eigenvalue weighted by Gasteiger charge is -2.33. The van der Waals surface area contributed by atoms with Gasteiger partial charge in [-0.1, -0.05) is 114 Å². The number of urea groups is 1. The number of nitrogens with zero attached hydrogens (tertiary/aromatic N) is 2. The van der Waals surface area contributed by atoms with E-state index >= 15 is 0 Å². The third kappa shape index (κ3) is 16.0. The number of amides is 8. The number of carboxylic acid groups (broad SMARTS) is 2. The van der Waals surface area contributed by atoms with Gasteiger partial charge in [-0.25, -0.2) is 9.80 Å². The summed E-state index contributed by atoms with van der Waals surface area (Å²) in [7, 11) is 0. The van der Waals surface area contributed by atoms with E-state index in [1.165, 1.54) is 9.91 Å². The predicted molar refractivity (Wildman–Crippen MR) is 258 cm³/mol. The van der Waals surface area contributed by atoms with E-state index in [1.807, 2.05) is 86.6 Å². The highest BCUT2D eigenvalue weighted by Crippen LogP contribution is 2.26. The van der Waals surface area contributed by atoms with Crippen LogP contribution in [0, 0.1) is 11.8 Å². The van der Waals surface area contributed by atoms with Crippen molar-refractivity contribution in [1.29, 1.82) is 0 Å². The fourth-order valence-corrected chi connectivity index (χ4v) is 8.14. The zero-order chi connectivity index (χ0) is 51.7. The van der Waals surface area contributed by atoms with E-state index in [-0.39, 0.29) is 26.1 Å². The fourth-order valence-electron chi connectivity index (χ4n) is 8.14. The Hall–Kier alpha value is -7.09. The third-order valence-electron chi connectivity index (χ3n) is 12.1. The summed E-state index contributed by atoms with van der Waals surface area (Å²) in [5, 5.41) is 34.8. The molecule has 1 fully saturated rings. The minimum atomic E-state index is -1.60. The Morgan fingerprint density at radius 3 is 2.01 bits per heavy atom. The fraction of sp³-hybridized carbons (Fsp3) is 0.500. The van der Waals surface area contributed by atoms with Crippen LogP contribution in [0.2, 0.25) is 0 Å². The Morgan fingerprint density at radius 1 is 0.743 bits per heavy atom. The first-order valence-electron chi connectivity index (χ1n) is 23.7. The van der Waals surface area contributed by atoms with Crippen molar-refractivity contribution < 1.29 is 58.1 Å². The van der Waals surface area contributed by atoms with Crippen LogP contribution in [0.4, 0.5) is 4.79 Å². The van der Waals surface area contributed by atoms with E-state index in [9.17, 15) is 53.4 Å². The number of aliphatic carboxylic acids is 2. The summed E-state index contributed by atoms with van der Waals surface area (Å²) in [4.78, 5) is 121. The van der Waals surface area contributed by atoms with Crippen molar-refractivity contribution >= 4 is 64.2 Å². The van der Waals surface area contributed by atoms with E-state index < -0.39 is 127 Å². The molecule has 4 rings (SSSR count). The lowest BCUT2D eigenvalue weighted by atomic mass is 9.95. The van der Waals surface area contributed by atoms with Gasteiger partial charge in [0.2, 0.25) is 29.5 Å². The molecule has 0 bridgehead atoms. The first-order chi connectivity index (χ1) is 33.2. The van der Waals surface area contributed by atoms with Gasteiger partial charge in [0.05, 0.1) is 25.2 Å². The summed E-state index contributed by atoms with van der Waals surface area (Å²) in [5.41, 5.74) is 4.50. The van der Waals surface area contributed by atoms with Gasteiger partial charge in [-0.05, 0) is 53.5 Å². The average Bonchev–Trinajstić information content (AvgIpc) is 3.76. The van der Waals surface area contributed by atoms with Crippen LogP contribution >= 0.6 is 0 Å². The third-order valence-corrected chi connectivity index (χ3v) is 12.1. The molecule has 20 heteroatoms. The lowest BCUT2D eigenvalue weighted by molar-refractivity contribution is -0.144. The number of fused-ring (bicyclic) bond motifs is 1. The molecule has 0 aromatic heterocycles. The zero-order valence-corrected chi connectivity index (χ0v) is 40.9. The maximum absolute atomic E-state index is 14.8. The molecular weight excluding hydrogens is 905 g/mol. The van der Waals surface area contributed by atoms with Gasteiger partial charge in [0, 0.05) is 32.9 Å². The average molecular weight is 973 g/mol. The molecule has 0 aliphatic carbocycles. The highest BCUT2D eigenvalue weighted by molar-refractivity contribution is 5.98. The lowest BCUT2D eigenvalue weighted by Crippen LogP contribution is -2.62. The number of likely N-dealkylation sites (tertiary alicyclic amines) is 1. The largest absolute Gasteiger partial charge is 0.481 e. The normalized spacial score (nSPS) is 16.9. The molecule has 0 radical (unpaired) electrons. The Morgan fingerprint density at radius 2 is 1.39 bits per heavy atom. The molecule has 8 N–H and O–H groups in total. The number of carbonyl (C=O) groups is 9. The smallest absolute Gasteiger partial charge is 0.336 e. The molecule has 8 atom stereocenters. The van der Waals surface area contributed by atoms with Gasteiger partial charge in [-0.15, -0.1) is 0 Å². The van der Waals surface area contributed by atoms with Crippen LogP contribution in [0.5, 0.6) is 0 Å². The van der Waals surface area contributed by atoms with Crippen molar-refractivity contribution in [3.05, 3.63) is 83.9 Å². The van der Waals surface area contributed by atoms with E-state index in [4.69, 9.17) is 4.74 Å². The number of benzene rings is 3. The van der Waals surface area contributed by atoms with Crippen LogP contribution in [-0.2, 0) is 49.7 Å². The van der Waals surface area contributed by atoms with Gasteiger partial charge in [-0.3, -0.25) is 43.8 Å². The molecule has 0 saturated carbocycles. The number of hydrogen-bond acceptors (Lipinski definition) is 10. The zero-order valence-electron chi connectivity index (χ0n) is 40.9. The highest BCUT2D eigenvalue weighted by Gasteiger charge is 2.45. The topological polar surface area (TPSA) is 282 Å². The van der Waals surface area contributed by atoms with Gasteiger partial charge in [0.15, 0.2) is 0 Å². The number of hydrazine groups is 1. The molecule has 3 aromatic carbocycles. The number of hydrogen-bond donors (Lipinski definition) is 8. The summed E-state index contributed by atoms with van der Waals surface area (Å²) in [6.07, 6.45) is -1.64. The van der Waals surface area contributed by atoms with Crippen LogP contribution in [0.3, 0.4) is 0 Å². The molecule has 70 heavy (non-hydrogen) atoms. The standard InChI is InChI=1S/C50H68N8O12/c1-8-24-58(50(69)51-31(6)36-21-15-19-34-18-13-14-20-37(34)36)56-47(66)40-25-35(70-28-33-16-11-10-12-17-33)27-57(40)49(68)43(29(3)4)54-48(67)44(30(5)9-2)55-45(64)38(22-23-41(60)61)53-46(65)39(26-42(62)63)52-32(7)59/h10-21,29-31,35,38-40,43-44H,8-9,22-28H2,1-7H3,(H,51,69)(H,52,59)(H,53,65)(H,54,67)(H,55,64)(H,56,66)(H,60,61)(H,62,63)/t30-,31-,35+,38+,39-,40-,43-,44-/m0/s1. The summed E-state index contributed by atoms with van der Waals surface area (Å²) in [5.74, 6) is -8.72. The minimum Gasteiger partial charge on any atom is -0.481 e. The summed E-state index contributed by atoms with van der Waals surface area (Å²) < 4.78 is 6.25. The van der Waals surface area contributed by atoms with E-state index in [1.54, 1.807) is 27.7 Å². The molecule has 380 valence electrons. The molecule has 1 heterocycles. The molecule has 0 spiro atoms. The summed E-state index contributed by atoms with van der Waals surface area (Å²) >= 11 is 0. The second-order valence-corrected chi connectivity index (χ2v) is 18.0. The number of rotatable bonds is 24. The van der Waals surface area contributed by atoms with Gasteiger partial charge < -0.3 is 46.4 Å². The van der Waals surface area contributed by atoms with Crippen LogP contribution in [0.25, 0.3) is 10.8 Å². The molecule has 1 saturated heterocycles. The summed E-state index contributed by atoms with van der Waals surface area (Å²) in [6, 6.07) is 15.0. The van der Waals surface area contributed by atoms with Gasteiger partial charge in [0.1, 0.15) is 30.2 Å². The first-order valence-corrected chi connectivity index (χ1v) is 23.7. The molecular formula is C50H68N8O12. The molecule has 20 nitrogen and oxygen atoms in total. The van der Waals surface area contributed by atoms with Crippen LogP contribution in [0.15, 0.2) is 72.8 Å². The second-order valence-electron chi connectivity index (χ2n) is 18.0. The monoisotopic (exact) mass is 972 g/mol. The van der Waals surface area contributed by atoms with Crippen molar-refractivity contribution in [1.82, 2.24) is 41.9 Å². The van der Waals surface area contributed by atoms with Crippen LogP contribution < -0.4 is 32.0 Å². The highest BCUT2D eigenvalue weighted by atomic mass is 16.5. The maximum Gasteiger partial charge on any atom is 0.336 e. The van der Waals surface area contributed by atoms with Crippen LogP contribution in [0.1, 0.15) is 104 Å². The maximum atomic E-state index is 14.8. The number of ether oxygens (including phenoxy) is 1. The molecule has 3 aromatic rings. The van der Waals surface area contributed by atoms with Crippen molar-refractivity contribution in [2.45, 2.75) is 136 Å². The van der Waals surface area contributed by atoms with Crippen LogP contribution in [-0.4, -0.2) is 123 Å². The Balaban J connectivity index is 1.58. The number of carboxylic acids is 2. The van der Waals surface area contributed by atoms with Gasteiger partial charge in [0.25, 0.3) is 5.91 Å². The summed E-state index contributed by atoms with van der Waals surface area (Å²) in [6.45, 7) is 11.8.